The van der Waals surface area contributed by atoms with Crippen LogP contribution in [-0.4, -0.2) is 62.8 Å². The van der Waals surface area contributed by atoms with Crippen molar-refractivity contribution in [1.29, 1.82) is 0 Å². The van der Waals surface area contributed by atoms with Gasteiger partial charge in [0.05, 0.1) is 6.61 Å². The van der Waals surface area contributed by atoms with Crippen molar-refractivity contribution >= 4 is 0 Å². The highest BCUT2D eigenvalue weighted by atomic mass is 16.7. The van der Waals surface area contributed by atoms with Crippen LogP contribution in [0.3, 0.4) is 0 Å². The van der Waals surface area contributed by atoms with E-state index in [4.69, 9.17) is 9.47 Å². The molecule has 5 N–H and O–H groups in total. The number of hydrogen-bond donors (Lipinski definition) is 5. The molecule has 2 aromatic carbocycles. The van der Waals surface area contributed by atoms with Gasteiger partial charge < -0.3 is 35.0 Å². The lowest BCUT2D eigenvalue weighted by molar-refractivity contribution is -0.277. The maximum atomic E-state index is 10.1. The van der Waals surface area contributed by atoms with Gasteiger partial charge in [-0.15, -0.1) is 0 Å². The van der Waals surface area contributed by atoms with Crippen LogP contribution in [0.15, 0.2) is 48.5 Å². The second-order valence-electron chi connectivity index (χ2n) is 6.63. The third-order valence-corrected chi connectivity index (χ3v) is 4.61. The van der Waals surface area contributed by atoms with Crippen LogP contribution >= 0.6 is 0 Å². The van der Waals surface area contributed by atoms with E-state index in [0.717, 1.165) is 24.0 Å². The zero-order valence-electron chi connectivity index (χ0n) is 14.7. The molecule has 0 saturated carbocycles. The lowest BCUT2D eigenvalue weighted by Gasteiger charge is -2.39. The van der Waals surface area contributed by atoms with E-state index in [2.05, 4.69) is 0 Å². The van der Waals surface area contributed by atoms with Crippen molar-refractivity contribution in [2.24, 2.45) is 0 Å². The molecule has 1 aliphatic heterocycles. The van der Waals surface area contributed by atoms with E-state index in [0.29, 0.717) is 5.75 Å². The fourth-order valence-corrected chi connectivity index (χ4v) is 3.07. The second kappa shape index (κ2) is 8.69. The van der Waals surface area contributed by atoms with Gasteiger partial charge >= 0.3 is 0 Å². The Morgan fingerprint density at radius 2 is 1.52 bits per heavy atom. The summed E-state index contributed by atoms with van der Waals surface area (Å²) in [4.78, 5) is 0. The third-order valence-electron chi connectivity index (χ3n) is 4.61. The molecule has 1 heterocycles. The summed E-state index contributed by atoms with van der Waals surface area (Å²) in [6.07, 6.45) is -5.11. The largest absolute Gasteiger partial charge is 0.508 e. The molecular weight excluding hydrogens is 352 g/mol. The number of aliphatic hydroxyl groups is 4. The molecule has 0 aromatic heterocycles. The van der Waals surface area contributed by atoms with Crippen LogP contribution in [-0.2, 0) is 17.6 Å². The summed E-state index contributed by atoms with van der Waals surface area (Å²) in [5.74, 6) is 0.667. The summed E-state index contributed by atoms with van der Waals surface area (Å²) in [6.45, 7) is -0.505. The van der Waals surface area contributed by atoms with Crippen LogP contribution in [0.4, 0.5) is 0 Å². The van der Waals surface area contributed by atoms with E-state index in [1.165, 1.54) is 0 Å². The van der Waals surface area contributed by atoms with E-state index in [9.17, 15) is 25.5 Å². The van der Waals surface area contributed by atoms with Gasteiger partial charge in [-0.25, -0.2) is 0 Å². The monoisotopic (exact) mass is 376 g/mol. The normalized spacial score (nSPS) is 28.1. The molecule has 0 aliphatic carbocycles. The van der Waals surface area contributed by atoms with E-state index < -0.39 is 37.3 Å². The zero-order chi connectivity index (χ0) is 19.4. The van der Waals surface area contributed by atoms with Crippen molar-refractivity contribution in [3.63, 3.8) is 0 Å². The number of aliphatic hydroxyl groups excluding tert-OH is 4. The first-order chi connectivity index (χ1) is 13.0. The highest BCUT2D eigenvalue weighted by Gasteiger charge is 2.44. The number of aromatic hydroxyl groups is 1. The highest BCUT2D eigenvalue weighted by molar-refractivity contribution is 5.31. The fraction of sp³-hybridized carbons (Fsp3) is 0.400. The number of benzene rings is 2. The number of ether oxygens (including phenoxy) is 2. The van der Waals surface area contributed by atoms with Crippen LogP contribution in [0.1, 0.15) is 11.1 Å². The van der Waals surface area contributed by atoms with Crippen molar-refractivity contribution in [3.05, 3.63) is 59.7 Å². The van der Waals surface area contributed by atoms with Gasteiger partial charge in [-0.05, 0) is 48.2 Å². The lowest BCUT2D eigenvalue weighted by atomic mass is 9.99. The molecule has 1 fully saturated rings. The lowest BCUT2D eigenvalue weighted by Crippen LogP contribution is -2.60. The molecular formula is C20H24O7. The molecule has 5 atom stereocenters. The summed E-state index contributed by atoms with van der Waals surface area (Å²) in [5, 5.41) is 48.5. The first-order valence-electron chi connectivity index (χ1n) is 8.82. The highest BCUT2D eigenvalue weighted by Crippen LogP contribution is 2.25. The minimum absolute atomic E-state index is 0.229. The molecule has 0 unspecified atom stereocenters. The van der Waals surface area contributed by atoms with Gasteiger partial charge in [-0.1, -0.05) is 24.3 Å². The Morgan fingerprint density at radius 3 is 2.19 bits per heavy atom. The van der Waals surface area contributed by atoms with Gasteiger partial charge in [-0.2, -0.15) is 0 Å². The van der Waals surface area contributed by atoms with Gasteiger partial charge in [0.15, 0.2) is 0 Å². The molecule has 0 amide bonds. The number of phenolic OH excluding ortho intramolecular Hbond substituents is 1. The van der Waals surface area contributed by atoms with Crippen molar-refractivity contribution in [2.75, 3.05) is 6.61 Å². The van der Waals surface area contributed by atoms with Crippen LogP contribution in [0.2, 0.25) is 0 Å². The molecule has 7 nitrogen and oxygen atoms in total. The van der Waals surface area contributed by atoms with Gasteiger partial charge in [0.25, 0.3) is 0 Å². The maximum Gasteiger partial charge on any atom is 0.229 e. The topological polar surface area (TPSA) is 120 Å². The number of aryl methyl sites for hydroxylation is 2. The average Bonchev–Trinajstić information content (AvgIpc) is 2.67. The van der Waals surface area contributed by atoms with Crippen LogP contribution in [0.25, 0.3) is 0 Å². The van der Waals surface area contributed by atoms with Gasteiger partial charge in [0, 0.05) is 0 Å². The standard InChI is InChI=1S/C20H24O7/c21-11-16-17(23)18(24)19(25)20(27-16)26-15-6-2-4-13(10-15)8-7-12-3-1-5-14(22)9-12/h1-6,9-10,16-25H,7-8,11H2/t16-,17-,18+,19-,20-/m1/s1. The first kappa shape index (κ1) is 19.6. The Balaban J connectivity index is 1.65. The van der Waals surface area contributed by atoms with Crippen molar-refractivity contribution in [2.45, 2.75) is 43.5 Å². The van der Waals surface area contributed by atoms with E-state index >= 15 is 0 Å². The predicted octanol–water partition coefficient (Wildman–Crippen LogP) is 0.356. The first-order valence-corrected chi connectivity index (χ1v) is 8.82. The smallest absolute Gasteiger partial charge is 0.229 e. The summed E-state index contributed by atoms with van der Waals surface area (Å²) >= 11 is 0. The van der Waals surface area contributed by atoms with Crippen LogP contribution in [0.5, 0.6) is 11.5 Å². The summed E-state index contributed by atoms with van der Waals surface area (Å²) in [6, 6.07) is 14.3. The average molecular weight is 376 g/mol. The van der Waals surface area contributed by atoms with Crippen molar-refractivity contribution in [1.82, 2.24) is 0 Å². The molecule has 27 heavy (non-hydrogen) atoms. The second-order valence-corrected chi connectivity index (χ2v) is 6.63. The molecule has 3 rings (SSSR count). The summed E-state index contributed by atoms with van der Waals surface area (Å²) in [7, 11) is 0. The number of rotatable bonds is 6. The third kappa shape index (κ3) is 4.77. The quantitative estimate of drug-likeness (QED) is 0.494. The van der Waals surface area contributed by atoms with Crippen LogP contribution < -0.4 is 4.74 Å². The maximum absolute atomic E-state index is 10.1. The van der Waals surface area contributed by atoms with Crippen LogP contribution in [0, 0.1) is 0 Å². The van der Waals surface area contributed by atoms with Crippen molar-refractivity contribution < 1.29 is 35.0 Å². The minimum Gasteiger partial charge on any atom is -0.508 e. The number of phenols is 1. The fourth-order valence-electron chi connectivity index (χ4n) is 3.07. The molecule has 7 heteroatoms. The Morgan fingerprint density at radius 1 is 0.852 bits per heavy atom. The Bertz CT molecular complexity index is 749. The van der Waals surface area contributed by atoms with Crippen molar-refractivity contribution in [3.8, 4) is 11.5 Å². The molecule has 0 spiro atoms. The summed E-state index contributed by atoms with van der Waals surface area (Å²) in [5.41, 5.74) is 2.00. The molecule has 1 saturated heterocycles. The molecule has 146 valence electrons. The van der Waals surface area contributed by atoms with E-state index in [1.807, 2.05) is 12.1 Å². The molecule has 2 aromatic rings. The van der Waals surface area contributed by atoms with E-state index in [-0.39, 0.29) is 5.75 Å². The Labute approximate surface area is 157 Å². The molecule has 1 aliphatic rings. The van der Waals surface area contributed by atoms with Gasteiger partial charge in [0.1, 0.15) is 35.9 Å². The Hall–Kier alpha value is -2.16. The van der Waals surface area contributed by atoms with Gasteiger partial charge in [-0.3, -0.25) is 0 Å². The molecule has 0 radical (unpaired) electrons. The zero-order valence-corrected chi connectivity index (χ0v) is 14.7. The SMILES string of the molecule is OC[C@H]1O[C@@H](Oc2cccc(CCc3cccc(O)c3)c2)[C@H](O)[C@@H](O)[C@@H]1O. The predicted molar refractivity (Wildman–Crippen MR) is 96.4 cm³/mol. The number of hydrogen-bond acceptors (Lipinski definition) is 7. The van der Waals surface area contributed by atoms with Gasteiger partial charge in [0.2, 0.25) is 6.29 Å². The minimum atomic E-state index is -1.48. The molecule has 0 bridgehead atoms. The summed E-state index contributed by atoms with van der Waals surface area (Å²) < 4.78 is 11.0. The van der Waals surface area contributed by atoms with E-state index in [1.54, 1.807) is 36.4 Å². The Kier molecular flexibility index (Phi) is 6.30.